The topological polar surface area (TPSA) is 55.3 Å². The number of nitrogens with zero attached hydrogens (tertiary/aromatic N) is 2. The summed E-state index contributed by atoms with van der Waals surface area (Å²) in [5, 5.41) is 3.43. The van der Waals surface area contributed by atoms with Crippen LogP contribution in [-0.4, -0.2) is 64.5 Å². The molecule has 1 aliphatic heterocycles. The van der Waals surface area contributed by atoms with Crippen molar-refractivity contribution in [2.24, 2.45) is 4.99 Å². The zero-order valence-electron chi connectivity index (χ0n) is 19.4. The second-order valence-corrected chi connectivity index (χ2v) is 7.87. The van der Waals surface area contributed by atoms with Crippen molar-refractivity contribution >= 4 is 29.9 Å². The Morgan fingerprint density at radius 2 is 1.75 bits per heavy atom. The zero-order chi connectivity index (χ0) is 21.9. The van der Waals surface area contributed by atoms with Gasteiger partial charge < -0.3 is 24.4 Å². The van der Waals surface area contributed by atoms with Crippen LogP contribution in [-0.2, 0) is 10.2 Å². The quantitative estimate of drug-likeness (QED) is 0.285. The Kier molecular flexibility index (Phi) is 11.1. The van der Waals surface area contributed by atoms with E-state index < -0.39 is 0 Å². The maximum atomic E-state index is 5.86. The number of nitrogens with one attached hydrogen (secondary N) is 1. The van der Waals surface area contributed by atoms with E-state index in [9.17, 15) is 0 Å². The molecule has 0 amide bonds. The lowest BCUT2D eigenvalue weighted by Gasteiger charge is -2.37. The fraction of sp³-hybridized carbons (Fsp3) is 0.480. The number of guanidine groups is 1. The van der Waals surface area contributed by atoms with Crippen LogP contribution < -0.4 is 14.8 Å². The van der Waals surface area contributed by atoms with Crippen LogP contribution in [0.5, 0.6) is 11.5 Å². The fourth-order valence-corrected chi connectivity index (χ4v) is 3.86. The first-order chi connectivity index (χ1) is 15.2. The van der Waals surface area contributed by atoms with Crippen molar-refractivity contribution in [2.75, 3.05) is 53.6 Å². The standard InChI is InChI=1S/C25H35N3O3.HI/c1-4-26-24(28(2)16-19-31-23-8-6-5-7-9-23)27-20-25(14-17-30-18-15-25)21-10-12-22(29-3)13-11-21;/h5-13H,4,14-20H2,1-3H3,(H,26,27);1H. The summed E-state index contributed by atoms with van der Waals surface area (Å²) in [4.78, 5) is 7.18. The summed E-state index contributed by atoms with van der Waals surface area (Å²) < 4.78 is 16.9. The largest absolute Gasteiger partial charge is 0.497 e. The van der Waals surface area contributed by atoms with Gasteiger partial charge in [0, 0.05) is 32.2 Å². The van der Waals surface area contributed by atoms with Gasteiger partial charge in [0.05, 0.1) is 20.2 Å². The van der Waals surface area contributed by atoms with Crippen molar-refractivity contribution in [2.45, 2.75) is 25.2 Å². The second kappa shape index (κ2) is 13.5. The third-order valence-corrected chi connectivity index (χ3v) is 5.82. The highest BCUT2D eigenvalue weighted by Crippen LogP contribution is 2.36. The minimum Gasteiger partial charge on any atom is -0.497 e. The Morgan fingerprint density at radius 3 is 2.38 bits per heavy atom. The number of hydrogen-bond donors (Lipinski definition) is 1. The van der Waals surface area contributed by atoms with Gasteiger partial charge in [0.2, 0.25) is 0 Å². The molecule has 1 fully saturated rings. The van der Waals surface area contributed by atoms with Crippen LogP contribution in [0, 0.1) is 0 Å². The predicted octanol–water partition coefficient (Wildman–Crippen LogP) is 4.34. The molecule has 6 nitrogen and oxygen atoms in total. The molecule has 0 radical (unpaired) electrons. The molecular formula is C25H36IN3O3. The first kappa shape index (κ1) is 26.3. The van der Waals surface area contributed by atoms with E-state index in [1.165, 1.54) is 5.56 Å². The van der Waals surface area contributed by atoms with Crippen molar-refractivity contribution in [3.8, 4) is 11.5 Å². The van der Waals surface area contributed by atoms with Gasteiger partial charge in [0.1, 0.15) is 18.1 Å². The lowest BCUT2D eigenvalue weighted by atomic mass is 9.74. The monoisotopic (exact) mass is 553 g/mol. The van der Waals surface area contributed by atoms with Crippen molar-refractivity contribution in [3.63, 3.8) is 0 Å². The molecule has 0 aromatic heterocycles. The van der Waals surface area contributed by atoms with Crippen LogP contribution in [0.4, 0.5) is 0 Å². The summed E-state index contributed by atoms with van der Waals surface area (Å²) in [6.45, 7) is 6.51. The molecule has 176 valence electrons. The molecule has 1 N–H and O–H groups in total. The Bertz CT molecular complexity index is 809. The maximum absolute atomic E-state index is 5.86. The average Bonchev–Trinajstić information content (AvgIpc) is 2.83. The number of likely N-dealkylation sites (N-methyl/N-ethyl adjacent to an activating group) is 1. The zero-order valence-corrected chi connectivity index (χ0v) is 21.7. The Morgan fingerprint density at radius 1 is 1.06 bits per heavy atom. The molecule has 2 aromatic rings. The molecule has 1 saturated heterocycles. The maximum Gasteiger partial charge on any atom is 0.193 e. The van der Waals surface area contributed by atoms with Crippen LogP contribution in [0.15, 0.2) is 59.6 Å². The third-order valence-electron chi connectivity index (χ3n) is 5.82. The molecule has 0 bridgehead atoms. The number of hydrogen-bond acceptors (Lipinski definition) is 4. The fourth-order valence-electron chi connectivity index (χ4n) is 3.86. The normalized spacial score (nSPS) is 15.4. The smallest absolute Gasteiger partial charge is 0.193 e. The molecule has 32 heavy (non-hydrogen) atoms. The van der Waals surface area contributed by atoms with Crippen LogP contribution in [0.2, 0.25) is 0 Å². The van der Waals surface area contributed by atoms with Crippen molar-refractivity contribution in [1.82, 2.24) is 10.2 Å². The Balaban J connectivity index is 0.00000363. The predicted molar refractivity (Wildman–Crippen MR) is 141 cm³/mol. The molecule has 0 saturated carbocycles. The van der Waals surface area contributed by atoms with E-state index in [2.05, 4.69) is 36.3 Å². The van der Waals surface area contributed by atoms with Gasteiger partial charge in [-0.1, -0.05) is 30.3 Å². The van der Waals surface area contributed by atoms with Crippen molar-refractivity contribution in [3.05, 3.63) is 60.2 Å². The summed E-state index contributed by atoms with van der Waals surface area (Å²) in [5.74, 6) is 2.66. The number of ether oxygens (including phenoxy) is 3. The summed E-state index contributed by atoms with van der Waals surface area (Å²) in [5.41, 5.74) is 1.28. The molecule has 1 heterocycles. The summed E-state index contributed by atoms with van der Waals surface area (Å²) >= 11 is 0. The molecule has 1 aliphatic rings. The lowest BCUT2D eigenvalue weighted by molar-refractivity contribution is 0.0530. The van der Waals surface area contributed by atoms with Crippen LogP contribution in [0.25, 0.3) is 0 Å². The highest BCUT2D eigenvalue weighted by atomic mass is 127. The number of methoxy groups -OCH3 is 1. The number of para-hydroxylation sites is 1. The van der Waals surface area contributed by atoms with Gasteiger partial charge in [0.15, 0.2) is 5.96 Å². The van der Waals surface area contributed by atoms with E-state index in [-0.39, 0.29) is 29.4 Å². The van der Waals surface area contributed by atoms with E-state index in [0.29, 0.717) is 6.61 Å². The molecule has 2 aromatic carbocycles. The van der Waals surface area contributed by atoms with Gasteiger partial charge in [-0.05, 0) is 49.6 Å². The van der Waals surface area contributed by atoms with Gasteiger partial charge >= 0.3 is 0 Å². The van der Waals surface area contributed by atoms with E-state index in [4.69, 9.17) is 19.2 Å². The minimum atomic E-state index is -0.0213. The average molecular weight is 553 g/mol. The summed E-state index contributed by atoms with van der Waals surface area (Å²) in [6, 6.07) is 18.3. The molecule has 0 spiro atoms. The van der Waals surface area contributed by atoms with Gasteiger partial charge in [-0.2, -0.15) is 0 Å². The molecule has 3 rings (SSSR count). The van der Waals surface area contributed by atoms with Gasteiger partial charge in [-0.3, -0.25) is 4.99 Å². The molecule has 0 unspecified atom stereocenters. The highest BCUT2D eigenvalue weighted by Gasteiger charge is 2.34. The summed E-state index contributed by atoms with van der Waals surface area (Å²) in [7, 11) is 3.75. The molecular weight excluding hydrogens is 517 g/mol. The lowest BCUT2D eigenvalue weighted by Crippen LogP contribution is -2.43. The molecule has 0 atom stereocenters. The van der Waals surface area contributed by atoms with E-state index in [0.717, 1.165) is 63.1 Å². The summed E-state index contributed by atoms with van der Waals surface area (Å²) in [6.07, 6.45) is 1.92. The number of benzene rings is 2. The van der Waals surface area contributed by atoms with E-state index in [1.807, 2.05) is 42.5 Å². The second-order valence-electron chi connectivity index (χ2n) is 7.87. The van der Waals surface area contributed by atoms with Crippen LogP contribution >= 0.6 is 24.0 Å². The van der Waals surface area contributed by atoms with Gasteiger partial charge in [-0.15, -0.1) is 24.0 Å². The van der Waals surface area contributed by atoms with E-state index in [1.54, 1.807) is 7.11 Å². The first-order valence-electron chi connectivity index (χ1n) is 11.1. The number of rotatable bonds is 9. The SMILES string of the molecule is CCNC(=NCC1(c2ccc(OC)cc2)CCOCC1)N(C)CCOc1ccccc1.I. The minimum absolute atomic E-state index is 0. The third kappa shape index (κ3) is 7.27. The van der Waals surface area contributed by atoms with Crippen LogP contribution in [0.3, 0.4) is 0 Å². The Labute approximate surface area is 209 Å². The first-order valence-corrected chi connectivity index (χ1v) is 11.1. The Hall–Kier alpha value is -2.00. The van der Waals surface area contributed by atoms with E-state index >= 15 is 0 Å². The highest BCUT2D eigenvalue weighted by molar-refractivity contribution is 14.0. The van der Waals surface area contributed by atoms with Crippen molar-refractivity contribution in [1.29, 1.82) is 0 Å². The van der Waals surface area contributed by atoms with Gasteiger partial charge in [-0.25, -0.2) is 0 Å². The van der Waals surface area contributed by atoms with Crippen molar-refractivity contribution < 1.29 is 14.2 Å². The molecule has 7 heteroatoms. The number of aliphatic imine (C=N–C) groups is 1. The molecule has 0 aliphatic carbocycles. The van der Waals surface area contributed by atoms with Crippen LogP contribution in [0.1, 0.15) is 25.3 Å². The van der Waals surface area contributed by atoms with Gasteiger partial charge in [0.25, 0.3) is 0 Å². The number of halogens is 1.